The number of phenolic OH excluding ortho intramolecular Hbond substituents is 2. The van der Waals surface area contributed by atoms with Crippen molar-refractivity contribution >= 4 is 11.9 Å². The van der Waals surface area contributed by atoms with Crippen molar-refractivity contribution in [3.05, 3.63) is 58.4 Å². The molecule has 0 saturated heterocycles. The lowest BCUT2D eigenvalue weighted by Crippen LogP contribution is -2.10. The zero-order valence-corrected chi connectivity index (χ0v) is 18.0. The van der Waals surface area contributed by atoms with E-state index in [0.29, 0.717) is 23.6 Å². The Kier molecular flexibility index (Phi) is 7.69. The summed E-state index contributed by atoms with van der Waals surface area (Å²) in [6.45, 7) is 2.82. The number of methoxy groups -OCH3 is 1. The molecular weight excluding hydrogens is 412 g/mol. The molecule has 9 heteroatoms. The molecule has 0 atom stereocenters. The van der Waals surface area contributed by atoms with E-state index < -0.39 is 0 Å². The van der Waals surface area contributed by atoms with Gasteiger partial charge in [0.2, 0.25) is 5.75 Å². The first-order valence-electron chi connectivity index (χ1n) is 10.2. The van der Waals surface area contributed by atoms with Crippen LogP contribution in [0.5, 0.6) is 23.0 Å². The molecule has 32 heavy (non-hydrogen) atoms. The van der Waals surface area contributed by atoms with Crippen LogP contribution in [0.25, 0.3) is 11.3 Å². The number of aromatic amines is 1. The van der Waals surface area contributed by atoms with Crippen molar-refractivity contribution < 1.29 is 19.7 Å². The van der Waals surface area contributed by atoms with Gasteiger partial charge in [0.15, 0.2) is 11.5 Å². The average molecular weight is 438 g/mol. The maximum absolute atomic E-state index is 11.8. The summed E-state index contributed by atoms with van der Waals surface area (Å²) in [5.74, 6) is 0.197. The van der Waals surface area contributed by atoms with Crippen LogP contribution in [0, 0.1) is 0 Å². The highest BCUT2D eigenvalue weighted by Crippen LogP contribution is 2.35. The van der Waals surface area contributed by atoms with Gasteiger partial charge in [-0.1, -0.05) is 19.8 Å². The van der Waals surface area contributed by atoms with Gasteiger partial charge in [-0.3, -0.25) is 10.2 Å². The molecule has 0 saturated carbocycles. The van der Waals surface area contributed by atoms with Gasteiger partial charge in [-0.25, -0.2) is 5.10 Å². The molecule has 1 heterocycles. The van der Waals surface area contributed by atoms with Crippen LogP contribution in [0.4, 0.5) is 5.69 Å². The van der Waals surface area contributed by atoms with E-state index in [-0.39, 0.29) is 22.8 Å². The lowest BCUT2D eigenvalue weighted by atomic mass is 10.1. The minimum absolute atomic E-state index is 0.113. The second-order valence-electron chi connectivity index (χ2n) is 7.04. The van der Waals surface area contributed by atoms with E-state index in [4.69, 9.17) is 9.47 Å². The Hall–Kier alpha value is -4.01. The van der Waals surface area contributed by atoms with Crippen molar-refractivity contribution in [2.45, 2.75) is 26.2 Å². The number of anilines is 1. The number of hydrogen-bond acceptors (Lipinski definition) is 8. The first kappa shape index (κ1) is 22.7. The van der Waals surface area contributed by atoms with Crippen LogP contribution >= 0.6 is 0 Å². The predicted octanol–water partition coefficient (Wildman–Crippen LogP) is 3.87. The van der Waals surface area contributed by atoms with Gasteiger partial charge >= 0.3 is 0 Å². The Morgan fingerprint density at radius 2 is 1.94 bits per heavy atom. The Labute approximate surface area is 185 Å². The average Bonchev–Trinajstić information content (AvgIpc) is 2.79. The number of benzene rings is 2. The van der Waals surface area contributed by atoms with Crippen LogP contribution in [-0.2, 0) is 0 Å². The van der Waals surface area contributed by atoms with E-state index in [2.05, 4.69) is 27.6 Å². The number of phenols is 2. The highest BCUT2D eigenvalue weighted by atomic mass is 16.5. The van der Waals surface area contributed by atoms with E-state index in [9.17, 15) is 15.0 Å². The molecule has 168 valence electrons. The van der Waals surface area contributed by atoms with Crippen LogP contribution in [0.3, 0.4) is 0 Å². The molecule has 0 aliphatic carbocycles. The smallest absolute Gasteiger partial charge is 0.266 e. The van der Waals surface area contributed by atoms with Gasteiger partial charge in [0, 0.05) is 17.2 Å². The maximum Gasteiger partial charge on any atom is 0.266 e. The standard InChI is InChI=1S/C23H26N4O5/c1-3-4-5-10-32-17-8-6-16(7-9-17)22-18(13-21(29)26-27-22)25-24-14-15-11-19(28)23(30)20(12-15)31-2/h6-9,11-14,28,30H,3-5,10H2,1-2H3,(H2,25,26,29)/b24-14-. The highest BCUT2D eigenvalue weighted by Gasteiger charge is 2.10. The van der Waals surface area contributed by atoms with Crippen LogP contribution in [-0.4, -0.2) is 40.3 Å². The van der Waals surface area contributed by atoms with Crippen molar-refractivity contribution in [2.24, 2.45) is 5.10 Å². The number of ether oxygens (including phenoxy) is 2. The number of aromatic nitrogens is 2. The number of nitrogens with one attached hydrogen (secondary N) is 2. The summed E-state index contributed by atoms with van der Waals surface area (Å²) >= 11 is 0. The Morgan fingerprint density at radius 1 is 1.16 bits per heavy atom. The quantitative estimate of drug-likeness (QED) is 0.164. The van der Waals surface area contributed by atoms with Gasteiger partial charge in [0.1, 0.15) is 11.4 Å². The molecule has 0 spiro atoms. The monoisotopic (exact) mass is 438 g/mol. The summed E-state index contributed by atoms with van der Waals surface area (Å²) in [4.78, 5) is 11.8. The van der Waals surface area contributed by atoms with Crippen LogP contribution in [0.1, 0.15) is 31.7 Å². The minimum atomic E-state index is -0.383. The fraction of sp³-hybridized carbons (Fsp3) is 0.261. The molecular formula is C23H26N4O5. The lowest BCUT2D eigenvalue weighted by Gasteiger charge is -2.09. The van der Waals surface area contributed by atoms with E-state index in [0.717, 1.165) is 30.6 Å². The van der Waals surface area contributed by atoms with Gasteiger partial charge < -0.3 is 19.7 Å². The van der Waals surface area contributed by atoms with E-state index in [1.165, 1.54) is 31.5 Å². The number of H-pyrrole nitrogens is 1. The van der Waals surface area contributed by atoms with E-state index in [1.54, 1.807) is 0 Å². The SMILES string of the molecule is CCCCCOc1ccc(-c2n[nH]c(=O)cc2N/N=C\c2cc(O)c(O)c(OC)c2)cc1. The fourth-order valence-electron chi connectivity index (χ4n) is 2.98. The molecule has 0 fully saturated rings. The fourth-order valence-corrected chi connectivity index (χ4v) is 2.98. The normalized spacial score (nSPS) is 10.9. The van der Waals surface area contributed by atoms with Crippen molar-refractivity contribution in [1.29, 1.82) is 0 Å². The van der Waals surface area contributed by atoms with Crippen molar-refractivity contribution in [1.82, 2.24) is 10.2 Å². The number of aromatic hydroxyl groups is 2. The molecule has 0 amide bonds. The Morgan fingerprint density at radius 3 is 2.66 bits per heavy atom. The number of unbranched alkanes of at least 4 members (excludes halogenated alkanes) is 2. The topological polar surface area (TPSA) is 129 Å². The summed E-state index contributed by atoms with van der Waals surface area (Å²) < 4.78 is 10.7. The van der Waals surface area contributed by atoms with Crippen molar-refractivity contribution in [3.63, 3.8) is 0 Å². The Balaban J connectivity index is 1.76. The van der Waals surface area contributed by atoms with Gasteiger partial charge in [0.25, 0.3) is 5.56 Å². The van der Waals surface area contributed by atoms with E-state index in [1.807, 2.05) is 24.3 Å². The molecule has 2 aromatic carbocycles. The molecule has 0 unspecified atom stereocenters. The molecule has 1 aromatic heterocycles. The minimum Gasteiger partial charge on any atom is -0.504 e. The predicted molar refractivity (Wildman–Crippen MR) is 123 cm³/mol. The first-order valence-corrected chi connectivity index (χ1v) is 10.2. The van der Waals surface area contributed by atoms with Gasteiger partial charge in [-0.15, -0.1) is 0 Å². The molecule has 3 rings (SSSR count). The zero-order chi connectivity index (χ0) is 22.9. The van der Waals surface area contributed by atoms with Crippen molar-refractivity contribution in [3.8, 4) is 34.3 Å². The van der Waals surface area contributed by atoms with Gasteiger partial charge in [0.05, 0.1) is 25.6 Å². The largest absolute Gasteiger partial charge is 0.504 e. The van der Waals surface area contributed by atoms with Crippen LogP contribution in [0.15, 0.2) is 52.4 Å². The summed E-state index contributed by atoms with van der Waals surface area (Å²) in [6, 6.07) is 11.6. The van der Waals surface area contributed by atoms with E-state index >= 15 is 0 Å². The third kappa shape index (κ3) is 5.78. The molecule has 4 N–H and O–H groups in total. The highest BCUT2D eigenvalue weighted by molar-refractivity contribution is 5.83. The number of hydrazone groups is 1. The summed E-state index contributed by atoms with van der Waals surface area (Å²) in [6.07, 6.45) is 4.70. The maximum atomic E-state index is 11.8. The summed E-state index contributed by atoms with van der Waals surface area (Å²) in [5.41, 5.74) is 4.58. The third-order valence-corrected chi connectivity index (χ3v) is 4.65. The first-order chi connectivity index (χ1) is 15.5. The lowest BCUT2D eigenvalue weighted by molar-refractivity contribution is 0.306. The van der Waals surface area contributed by atoms with Gasteiger partial charge in [-0.05, 0) is 42.8 Å². The Bertz CT molecular complexity index is 1130. The second kappa shape index (κ2) is 10.9. The second-order valence-corrected chi connectivity index (χ2v) is 7.04. The molecule has 0 radical (unpaired) electrons. The molecule has 0 bridgehead atoms. The number of nitrogens with zero attached hydrogens (tertiary/aromatic N) is 2. The van der Waals surface area contributed by atoms with Crippen LogP contribution in [0.2, 0.25) is 0 Å². The molecule has 0 aliphatic rings. The van der Waals surface area contributed by atoms with Crippen molar-refractivity contribution in [2.75, 3.05) is 19.1 Å². The molecule has 3 aromatic rings. The number of hydrogen-bond donors (Lipinski definition) is 4. The van der Waals surface area contributed by atoms with Gasteiger partial charge in [-0.2, -0.15) is 10.2 Å². The molecule has 0 aliphatic heterocycles. The van der Waals surface area contributed by atoms with Crippen LogP contribution < -0.4 is 20.5 Å². The summed E-state index contributed by atoms with van der Waals surface area (Å²) in [7, 11) is 1.38. The summed E-state index contributed by atoms with van der Waals surface area (Å²) in [5, 5.41) is 30.2. The third-order valence-electron chi connectivity index (χ3n) is 4.65. The molecule has 9 nitrogen and oxygen atoms in total. The zero-order valence-electron chi connectivity index (χ0n) is 18.0. The number of rotatable bonds is 10.